The molecule has 31 heavy (non-hydrogen) atoms. The summed E-state index contributed by atoms with van der Waals surface area (Å²) in [6, 6.07) is 15.0. The van der Waals surface area contributed by atoms with Gasteiger partial charge in [0.15, 0.2) is 5.65 Å². The molecule has 5 rings (SSSR count). The number of benzene rings is 1. The number of nitrogens with two attached hydrogens (primary N) is 1. The molecule has 0 bridgehead atoms. The summed E-state index contributed by atoms with van der Waals surface area (Å²) in [7, 11) is 0. The zero-order valence-electron chi connectivity index (χ0n) is 16.9. The molecule has 156 valence electrons. The van der Waals surface area contributed by atoms with Gasteiger partial charge < -0.3 is 11.1 Å². The number of amides is 2. The van der Waals surface area contributed by atoms with Crippen LogP contribution in [0.4, 0.5) is 16.4 Å². The van der Waals surface area contributed by atoms with Crippen LogP contribution < -0.4 is 11.1 Å². The van der Waals surface area contributed by atoms with Crippen LogP contribution in [0.15, 0.2) is 60.9 Å². The highest BCUT2D eigenvalue weighted by Crippen LogP contribution is 2.31. The standard InChI is InChI=1S/C22H21N7O2/c1-14-18(25-22(30)29-19(9-10-31-29)15-5-3-2-4-6-15)11-17(12-24-14)16-7-8-20-26-21(23)27-28(20)13-16/h2-8,11-13,19H,9-10H2,1H3,(H2,23,27)(H,25,30). The molecule has 2 amide bonds. The lowest BCUT2D eigenvalue weighted by Crippen LogP contribution is -2.33. The van der Waals surface area contributed by atoms with E-state index in [1.165, 1.54) is 5.06 Å². The molecule has 3 N–H and O–H groups in total. The molecule has 9 nitrogen and oxygen atoms in total. The van der Waals surface area contributed by atoms with E-state index in [1.807, 2.05) is 61.7 Å². The highest BCUT2D eigenvalue weighted by Gasteiger charge is 2.32. The summed E-state index contributed by atoms with van der Waals surface area (Å²) in [6.07, 6.45) is 4.33. The second-order valence-electron chi connectivity index (χ2n) is 7.35. The van der Waals surface area contributed by atoms with Gasteiger partial charge in [-0.05, 0) is 30.7 Å². The fourth-order valence-corrected chi connectivity index (χ4v) is 3.71. The summed E-state index contributed by atoms with van der Waals surface area (Å²) < 4.78 is 1.62. The number of hydrogen-bond donors (Lipinski definition) is 2. The van der Waals surface area contributed by atoms with Crippen molar-refractivity contribution in [2.24, 2.45) is 0 Å². The molecule has 4 aromatic rings. The molecule has 4 heterocycles. The first-order valence-electron chi connectivity index (χ1n) is 9.95. The van der Waals surface area contributed by atoms with Gasteiger partial charge in [-0.15, -0.1) is 5.10 Å². The second-order valence-corrected chi connectivity index (χ2v) is 7.35. The number of hydrogen-bond acceptors (Lipinski definition) is 6. The number of carbonyl (C=O) groups is 1. The van der Waals surface area contributed by atoms with Gasteiger partial charge in [-0.3, -0.25) is 9.82 Å². The van der Waals surface area contributed by atoms with Gasteiger partial charge in [0.05, 0.1) is 24.0 Å². The summed E-state index contributed by atoms with van der Waals surface area (Å²) in [5.74, 6) is 0.214. The number of urea groups is 1. The van der Waals surface area contributed by atoms with Crippen LogP contribution in [0.1, 0.15) is 23.7 Å². The van der Waals surface area contributed by atoms with Crippen LogP contribution in [-0.4, -0.2) is 37.3 Å². The van der Waals surface area contributed by atoms with Gasteiger partial charge in [0, 0.05) is 29.9 Å². The van der Waals surface area contributed by atoms with Gasteiger partial charge in [-0.25, -0.2) is 9.31 Å². The van der Waals surface area contributed by atoms with Crippen LogP contribution in [0.5, 0.6) is 0 Å². The van der Waals surface area contributed by atoms with E-state index in [9.17, 15) is 4.79 Å². The lowest BCUT2D eigenvalue weighted by Gasteiger charge is -2.23. The Bertz CT molecular complexity index is 1260. The number of hydroxylamine groups is 2. The predicted octanol–water partition coefficient (Wildman–Crippen LogP) is 3.59. The van der Waals surface area contributed by atoms with Crippen LogP contribution in [0.2, 0.25) is 0 Å². The maximum Gasteiger partial charge on any atom is 0.346 e. The topological polar surface area (TPSA) is 111 Å². The molecule has 3 aromatic heterocycles. The van der Waals surface area contributed by atoms with Crippen molar-refractivity contribution in [3.05, 3.63) is 72.2 Å². The van der Waals surface area contributed by atoms with Gasteiger partial charge >= 0.3 is 6.03 Å². The van der Waals surface area contributed by atoms with Gasteiger partial charge in [0.1, 0.15) is 0 Å². The second kappa shape index (κ2) is 7.69. The van der Waals surface area contributed by atoms with Gasteiger partial charge in [0.25, 0.3) is 0 Å². The van der Waals surface area contributed by atoms with Crippen molar-refractivity contribution >= 4 is 23.3 Å². The third kappa shape index (κ3) is 3.66. The Hall–Kier alpha value is -3.98. The van der Waals surface area contributed by atoms with Crippen molar-refractivity contribution in [1.82, 2.24) is 24.6 Å². The van der Waals surface area contributed by atoms with Crippen molar-refractivity contribution in [1.29, 1.82) is 0 Å². The molecule has 1 aliphatic heterocycles. The van der Waals surface area contributed by atoms with E-state index >= 15 is 0 Å². The van der Waals surface area contributed by atoms with Crippen LogP contribution in [0.25, 0.3) is 16.8 Å². The smallest absolute Gasteiger partial charge is 0.346 e. The monoisotopic (exact) mass is 415 g/mol. The third-order valence-electron chi connectivity index (χ3n) is 5.30. The Morgan fingerprint density at radius 2 is 2.03 bits per heavy atom. The lowest BCUT2D eigenvalue weighted by molar-refractivity contribution is -0.0829. The molecule has 1 atom stereocenters. The minimum absolute atomic E-state index is 0.127. The number of aromatic nitrogens is 4. The molecule has 0 aliphatic carbocycles. The van der Waals surface area contributed by atoms with Crippen molar-refractivity contribution in [3.63, 3.8) is 0 Å². The number of rotatable bonds is 3. The van der Waals surface area contributed by atoms with E-state index in [0.717, 1.165) is 23.1 Å². The summed E-state index contributed by atoms with van der Waals surface area (Å²) in [5.41, 5.74) is 10.4. The van der Waals surface area contributed by atoms with E-state index < -0.39 is 0 Å². The lowest BCUT2D eigenvalue weighted by atomic mass is 10.1. The molecule has 0 spiro atoms. The van der Waals surface area contributed by atoms with Crippen molar-refractivity contribution in [2.45, 2.75) is 19.4 Å². The highest BCUT2D eigenvalue weighted by atomic mass is 16.7. The number of nitrogen functional groups attached to an aromatic ring is 1. The van der Waals surface area contributed by atoms with Crippen LogP contribution >= 0.6 is 0 Å². The average molecular weight is 415 g/mol. The third-order valence-corrected chi connectivity index (χ3v) is 5.30. The number of fused-ring (bicyclic) bond motifs is 1. The van der Waals surface area contributed by atoms with Gasteiger partial charge in [0.2, 0.25) is 5.95 Å². The number of anilines is 2. The highest BCUT2D eigenvalue weighted by molar-refractivity contribution is 5.90. The maximum absolute atomic E-state index is 13.0. The summed E-state index contributed by atoms with van der Waals surface area (Å²) in [6.45, 7) is 2.34. The Labute approximate surface area is 178 Å². The minimum atomic E-state index is -0.326. The Morgan fingerprint density at radius 3 is 2.87 bits per heavy atom. The first-order chi connectivity index (χ1) is 15.1. The van der Waals surface area contributed by atoms with Crippen LogP contribution in [-0.2, 0) is 4.84 Å². The van der Waals surface area contributed by atoms with Gasteiger partial charge in [-0.2, -0.15) is 10.0 Å². The first kappa shape index (κ1) is 19.0. The maximum atomic E-state index is 13.0. The zero-order valence-corrected chi connectivity index (χ0v) is 16.9. The molecule has 0 radical (unpaired) electrons. The van der Waals surface area contributed by atoms with Gasteiger partial charge in [-0.1, -0.05) is 30.3 Å². The van der Waals surface area contributed by atoms with E-state index in [0.29, 0.717) is 23.6 Å². The molecular weight excluding hydrogens is 394 g/mol. The Balaban J connectivity index is 1.40. The van der Waals surface area contributed by atoms with Crippen LogP contribution in [0, 0.1) is 6.92 Å². The molecule has 1 aromatic carbocycles. The molecule has 9 heteroatoms. The normalized spacial score (nSPS) is 16.0. The first-order valence-corrected chi connectivity index (χ1v) is 9.95. The molecule has 0 saturated carbocycles. The SMILES string of the molecule is Cc1ncc(-c2ccc3nc(N)nn3c2)cc1NC(=O)N1OCCC1c1ccccc1. The number of nitrogens with one attached hydrogen (secondary N) is 1. The average Bonchev–Trinajstić information content (AvgIpc) is 3.41. The van der Waals surface area contributed by atoms with E-state index in [-0.39, 0.29) is 18.0 Å². The van der Waals surface area contributed by atoms with E-state index in [4.69, 9.17) is 10.6 Å². The summed E-state index contributed by atoms with van der Waals surface area (Å²) in [5, 5.41) is 8.50. The quantitative estimate of drug-likeness (QED) is 0.529. The van der Waals surface area contributed by atoms with Crippen molar-refractivity contribution < 1.29 is 9.63 Å². The Morgan fingerprint density at radius 1 is 1.19 bits per heavy atom. The molecule has 1 unspecified atom stereocenters. The number of pyridine rings is 2. The summed E-state index contributed by atoms with van der Waals surface area (Å²) >= 11 is 0. The minimum Gasteiger partial charge on any atom is -0.366 e. The molecule has 1 fully saturated rings. The predicted molar refractivity (Wildman–Crippen MR) is 116 cm³/mol. The fourth-order valence-electron chi connectivity index (χ4n) is 3.71. The van der Waals surface area contributed by atoms with E-state index in [1.54, 1.807) is 10.7 Å². The fraction of sp³-hybridized carbons (Fsp3) is 0.182. The van der Waals surface area contributed by atoms with Crippen molar-refractivity contribution in [2.75, 3.05) is 17.7 Å². The zero-order chi connectivity index (χ0) is 21.4. The Kier molecular flexibility index (Phi) is 4.72. The number of carbonyl (C=O) groups excluding carboxylic acids is 1. The molecular formula is C22H21N7O2. The molecule has 1 saturated heterocycles. The van der Waals surface area contributed by atoms with Crippen LogP contribution in [0.3, 0.4) is 0 Å². The van der Waals surface area contributed by atoms with Crippen molar-refractivity contribution in [3.8, 4) is 11.1 Å². The number of aryl methyl sites for hydroxylation is 1. The largest absolute Gasteiger partial charge is 0.366 e. The number of nitrogens with zero attached hydrogens (tertiary/aromatic N) is 5. The molecule has 1 aliphatic rings. The summed E-state index contributed by atoms with van der Waals surface area (Å²) in [4.78, 5) is 27.2. The van der Waals surface area contributed by atoms with E-state index in [2.05, 4.69) is 20.4 Å².